The molecule has 0 saturated heterocycles. The number of hydrogen-bond donors (Lipinski definition) is 3. The van der Waals surface area contributed by atoms with Crippen molar-refractivity contribution in [2.45, 2.75) is 0 Å². The van der Waals surface area contributed by atoms with E-state index in [1.54, 1.807) is 0 Å². The summed E-state index contributed by atoms with van der Waals surface area (Å²) in [5, 5.41) is 0. The molecule has 50 valence electrons. The van der Waals surface area contributed by atoms with Crippen LogP contribution in [0.3, 0.4) is 0 Å². The first-order chi connectivity index (χ1) is 2.00. The van der Waals surface area contributed by atoms with Crippen molar-refractivity contribution >= 4 is 45.6 Å². The molecule has 0 aromatic heterocycles. The van der Waals surface area contributed by atoms with Crippen LogP contribution in [0.5, 0.6) is 0 Å². The number of hydrogen-bond acceptors (Lipinski definition) is 1. The van der Waals surface area contributed by atoms with Gasteiger partial charge in [0.1, 0.15) is 0 Å². The zero-order valence-electron chi connectivity index (χ0n) is 2.96. The van der Waals surface area contributed by atoms with Gasteiger partial charge >= 0.3 is 45.6 Å². The van der Waals surface area contributed by atoms with Crippen molar-refractivity contribution in [1.29, 1.82) is 0 Å². The molecule has 3 N–H and O–H groups in total. The summed E-state index contributed by atoms with van der Waals surface area (Å²) in [6.07, 6.45) is 0. The van der Waals surface area contributed by atoms with Crippen LogP contribution < -0.4 is 0 Å². The molecule has 0 aromatic rings. The van der Waals surface area contributed by atoms with Crippen LogP contribution in [-0.4, -0.2) is 52.4 Å². The minimum atomic E-state index is -4.64. The molecule has 0 fully saturated rings. The van der Waals surface area contributed by atoms with E-state index in [1.165, 1.54) is 0 Å². The Hall–Kier alpha value is 2.42. The summed E-state index contributed by atoms with van der Waals surface area (Å²) >= 11 is 0. The molecular weight excluding hydrogens is 243 g/mol. The van der Waals surface area contributed by atoms with Gasteiger partial charge in [0.15, 0.2) is 0 Å². The summed E-state index contributed by atoms with van der Waals surface area (Å²) < 4.78 is 8.88. The molecule has 8 heavy (non-hydrogen) atoms. The van der Waals surface area contributed by atoms with Gasteiger partial charge in [0, 0.05) is 34.4 Å². The van der Waals surface area contributed by atoms with Gasteiger partial charge in [-0.1, -0.05) is 0 Å². The SMILES string of the molecule is O=P(O)(O)O.[CaH2].[Cr].[Fe]. The van der Waals surface area contributed by atoms with Gasteiger partial charge in [-0.05, 0) is 0 Å². The van der Waals surface area contributed by atoms with Gasteiger partial charge in [-0.25, -0.2) is 4.57 Å². The standard InChI is InChI=1S/Ca.Cr.Fe.H3O4P.2H/c;;;1-5(2,3)4;;/h;;;(H3,1,2,3,4);;. The van der Waals surface area contributed by atoms with Crippen molar-refractivity contribution in [2.24, 2.45) is 0 Å². The van der Waals surface area contributed by atoms with Gasteiger partial charge in [0.25, 0.3) is 0 Å². The first-order valence-corrected chi connectivity index (χ1v) is 2.35. The zero-order valence-corrected chi connectivity index (χ0v) is 6.23. The van der Waals surface area contributed by atoms with E-state index in [-0.39, 0.29) is 72.2 Å². The second-order valence-corrected chi connectivity index (χ2v) is 1.54. The largest absolute Gasteiger partial charge is 0 e. The Morgan fingerprint density at radius 2 is 1.12 bits per heavy atom. The fraction of sp³-hybridized carbons (Fsp3) is 0. The maximum atomic E-state index is 8.88. The summed E-state index contributed by atoms with van der Waals surface area (Å²) in [4.78, 5) is 21.6. The molecular formula is H5CaCrFeO4P. The maximum Gasteiger partial charge on any atom is 0 e. The fourth-order valence-electron chi connectivity index (χ4n) is 0. The van der Waals surface area contributed by atoms with Crippen LogP contribution in [0.1, 0.15) is 0 Å². The molecule has 0 aliphatic carbocycles. The molecule has 0 atom stereocenters. The zero-order chi connectivity index (χ0) is 4.50. The van der Waals surface area contributed by atoms with Crippen LogP contribution in [-0.2, 0) is 39.0 Å². The molecule has 0 aromatic carbocycles. The Kier molecular flexibility index (Phi) is 26.4. The van der Waals surface area contributed by atoms with Gasteiger partial charge < -0.3 is 14.7 Å². The van der Waals surface area contributed by atoms with Crippen molar-refractivity contribution in [2.75, 3.05) is 0 Å². The molecule has 0 heterocycles. The summed E-state index contributed by atoms with van der Waals surface area (Å²) in [7, 11) is -4.64. The Morgan fingerprint density at radius 3 is 1.12 bits per heavy atom. The summed E-state index contributed by atoms with van der Waals surface area (Å²) in [5.41, 5.74) is 0. The van der Waals surface area contributed by atoms with Gasteiger partial charge in [0.05, 0.1) is 0 Å². The minimum Gasteiger partial charge on any atom is 0 e. The van der Waals surface area contributed by atoms with E-state index in [9.17, 15) is 0 Å². The monoisotopic (exact) mass is 248 g/mol. The van der Waals surface area contributed by atoms with Crippen LogP contribution >= 0.6 is 7.82 Å². The molecule has 0 aliphatic heterocycles. The third kappa shape index (κ3) is 79.1. The molecule has 0 bridgehead atoms. The molecule has 0 aliphatic rings. The van der Waals surface area contributed by atoms with E-state index in [2.05, 4.69) is 0 Å². The molecule has 0 unspecified atom stereocenters. The summed E-state index contributed by atoms with van der Waals surface area (Å²) in [6.45, 7) is 0. The van der Waals surface area contributed by atoms with E-state index >= 15 is 0 Å². The van der Waals surface area contributed by atoms with E-state index in [0.29, 0.717) is 0 Å². The molecule has 4 nitrogen and oxygen atoms in total. The van der Waals surface area contributed by atoms with Gasteiger partial charge in [-0.3, -0.25) is 0 Å². The summed E-state index contributed by atoms with van der Waals surface area (Å²) in [6, 6.07) is 0. The smallest absolute Gasteiger partial charge is 0 e. The minimum absolute atomic E-state index is 0. The van der Waals surface area contributed by atoms with E-state index in [0.717, 1.165) is 0 Å². The second-order valence-electron chi connectivity index (χ2n) is 0.513. The van der Waals surface area contributed by atoms with Crippen molar-refractivity contribution in [3.63, 3.8) is 0 Å². The Balaban J connectivity index is -0.0000000267. The first-order valence-electron chi connectivity index (χ1n) is 0.783. The third-order valence-corrected chi connectivity index (χ3v) is 0. The maximum absolute atomic E-state index is 8.88. The average Bonchev–Trinajstić information content (AvgIpc) is 0.722. The Morgan fingerprint density at radius 1 is 1.12 bits per heavy atom. The van der Waals surface area contributed by atoms with Crippen LogP contribution in [0.15, 0.2) is 0 Å². The van der Waals surface area contributed by atoms with Crippen molar-refractivity contribution < 1.29 is 53.7 Å². The van der Waals surface area contributed by atoms with E-state index in [4.69, 9.17) is 19.2 Å². The Labute approximate surface area is 97.9 Å². The first kappa shape index (κ1) is 22.4. The van der Waals surface area contributed by atoms with Gasteiger partial charge in [-0.2, -0.15) is 0 Å². The Bertz CT molecular complexity index is 62.2. The average molecular weight is 248 g/mol. The molecule has 8 heteroatoms. The molecule has 0 amide bonds. The van der Waals surface area contributed by atoms with Crippen LogP contribution in [0, 0.1) is 0 Å². The quantitative estimate of drug-likeness (QED) is 0.347. The predicted octanol–water partition coefficient (Wildman–Crippen LogP) is -1.85. The number of phosphoric acid groups is 1. The third-order valence-electron chi connectivity index (χ3n) is 0. The normalized spacial score (nSPS) is 7.38. The molecule has 0 rings (SSSR count). The van der Waals surface area contributed by atoms with Crippen molar-refractivity contribution in [3.8, 4) is 0 Å². The van der Waals surface area contributed by atoms with E-state index < -0.39 is 7.82 Å². The predicted molar refractivity (Wildman–Crippen MR) is 22.8 cm³/mol. The van der Waals surface area contributed by atoms with E-state index in [1.807, 2.05) is 0 Å². The van der Waals surface area contributed by atoms with Crippen LogP contribution in [0.2, 0.25) is 0 Å². The molecule has 0 radical (unpaired) electrons. The number of rotatable bonds is 0. The summed E-state index contributed by atoms with van der Waals surface area (Å²) in [5.74, 6) is 0. The topological polar surface area (TPSA) is 77.8 Å². The molecule has 0 saturated carbocycles. The fourth-order valence-corrected chi connectivity index (χ4v) is 0. The van der Waals surface area contributed by atoms with Gasteiger partial charge in [0.2, 0.25) is 0 Å². The van der Waals surface area contributed by atoms with Crippen LogP contribution in [0.25, 0.3) is 0 Å². The molecule has 0 spiro atoms. The van der Waals surface area contributed by atoms with Crippen molar-refractivity contribution in [3.05, 3.63) is 0 Å². The van der Waals surface area contributed by atoms with Gasteiger partial charge in [-0.15, -0.1) is 0 Å². The van der Waals surface area contributed by atoms with Crippen LogP contribution in [0.4, 0.5) is 0 Å². The second kappa shape index (κ2) is 9.42. The van der Waals surface area contributed by atoms with Crippen molar-refractivity contribution in [1.82, 2.24) is 0 Å².